The number of carbonyl (C=O) groups is 1. The van der Waals surface area contributed by atoms with Crippen molar-refractivity contribution in [2.75, 3.05) is 0 Å². The van der Waals surface area contributed by atoms with E-state index in [0.29, 0.717) is 0 Å². The summed E-state index contributed by atoms with van der Waals surface area (Å²) in [4.78, 5) is 11.5. The first-order valence-corrected chi connectivity index (χ1v) is 14.9. The predicted molar refractivity (Wildman–Crippen MR) is 133 cm³/mol. The van der Waals surface area contributed by atoms with E-state index in [1.807, 2.05) is 0 Å². The largest absolute Gasteiger partial charge is 0.478 e. The second-order valence-corrected chi connectivity index (χ2v) is 15.9. The van der Waals surface area contributed by atoms with E-state index >= 15 is 26.3 Å². The monoisotopic (exact) mass is 662 g/mol. The van der Waals surface area contributed by atoms with Crippen molar-refractivity contribution in [1.29, 1.82) is 0 Å². The highest BCUT2D eigenvalue weighted by Crippen LogP contribution is 2.88. The zero-order valence-corrected chi connectivity index (χ0v) is 23.8. The summed E-state index contributed by atoms with van der Waals surface area (Å²) in [7, 11) is 0. The van der Waals surface area contributed by atoms with Gasteiger partial charge in [-0.3, -0.25) is 0 Å². The van der Waals surface area contributed by atoms with Gasteiger partial charge in [0.25, 0.3) is 0 Å². The van der Waals surface area contributed by atoms with Gasteiger partial charge in [0.1, 0.15) is 0 Å². The van der Waals surface area contributed by atoms with Crippen LogP contribution in [0.2, 0.25) is 0 Å². The van der Waals surface area contributed by atoms with Crippen LogP contribution in [0.1, 0.15) is 93.0 Å². The number of hydrogen-bond acceptors (Lipinski definition) is 1. The van der Waals surface area contributed by atoms with Gasteiger partial charge in [-0.25, -0.2) is 4.79 Å². The molecular formula is C31H30F12O2. The van der Waals surface area contributed by atoms with Crippen molar-refractivity contribution in [2.45, 2.75) is 107 Å². The molecule has 1 aromatic rings. The van der Waals surface area contributed by atoms with Crippen molar-refractivity contribution in [3.8, 4) is 0 Å². The highest BCUT2D eigenvalue weighted by Gasteiger charge is 2.86. The fourth-order valence-electron chi connectivity index (χ4n) is 12.7. The van der Waals surface area contributed by atoms with Crippen LogP contribution in [0.3, 0.4) is 0 Å². The zero-order valence-electron chi connectivity index (χ0n) is 23.8. The van der Waals surface area contributed by atoms with Gasteiger partial charge in [-0.2, -0.15) is 52.7 Å². The Kier molecular flexibility index (Phi) is 5.79. The van der Waals surface area contributed by atoms with E-state index in [1.54, 1.807) is 0 Å². The molecule has 0 spiro atoms. The summed E-state index contributed by atoms with van der Waals surface area (Å²) < 4.78 is 181. The Morgan fingerprint density at radius 2 is 0.933 bits per heavy atom. The molecule has 0 saturated heterocycles. The molecule has 8 saturated carbocycles. The Hall–Kier alpha value is -2.15. The molecule has 8 fully saturated rings. The number of carboxylic acid groups (broad SMARTS) is 1. The van der Waals surface area contributed by atoms with E-state index in [-0.39, 0.29) is 17.5 Å². The number of alkyl halides is 12. The molecule has 0 heterocycles. The van der Waals surface area contributed by atoms with E-state index < -0.39 is 145 Å². The number of hydrogen-bond donors (Lipinski definition) is 1. The minimum Gasteiger partial charge on any atom is -0.478 e. The number of halogens is 12. The molecule has 8 bridgehead atoms. The van der Waals surface area contributed by atoms with E-state index in [1.165, 1.54) is 0 Å². The Morgan fingerprint density at radius 1 is 0.533 bits per heavy atom. The molecule has 0 aliphatic heterocycles. The zero-order chi connectivity index (χ0) is 33.1. The SMILES string of the molecule is O=C(O)c1ccc(C23CC4(C(F)(F)F)CC(C(F)(F)F)(C2)CC(C25CC6CC(C(F)(F)F)(CC(C(F)(F)F)(C6)C2)C5)(C3)C4)cc1. The third kappa shape index (κ3) is 3.82. The maximum atomic E-state index is 15.3. The number of benzene rings is 1. The van der Waals surface area contributed by atoms with E-state index in [0.717, 1.165) is 24.3 Å². The van der Waals surface area contributed by atoms with Gasteiger partial charge in [-0.1, -0.05) is 12.1 Å². The fourth-order valence-corrected chi connectivity index (χ4v) is 12.7. The van der Waals surface area contributed by atoms with Crippen LogP contribution in [-0.2, 0) is 5.41 Å². The maximum absolute atomic E-state index is 15.3. The lowest BCUT2D eigenvalue weighted by molar-refractivity contribution is -0.404. The van der Waals surface area contributed by atoms with Crippen LogP contribution < -0.4 is 0 Å². The lowest BCUT2D eigenvalue weighted by Gasteiger charge is -2.78. The molecule has 1 aromatic carbocycles. The summed E-state index contributed by atoms with van der Waals surface area (Å²) in [5.74, 6) is -2.53. The molecule has 8 aliphatic carbocycles. The maximum Gasteiger partial charge on any atom is 0.394 e. The van der Waals surface area contributed by atoms with Crippen LogP contribution in [0.25, 0.3) is 0 Å². The third-order valence-corrected chi connectivity index (χ3v) is 13.4. The molecular weight excluding hydrogens is 632 g/mol. The topological polar surface area (TPSA) is 37.3 Å². The first-order valence-electron chi connectivity index (χ1n) is 14.9. The van der Waals surface area contributed by atoms with Crippen molar-refractivity contribution in [1.82, 2.24) is 0 Å². The normalized spacial score (nSPS) is 45.7. The second-order valence-electron chi connectivity index (χ2n) is 15.9. The van der Waals surface area contributed by atoms with Crippen molar-refractivity contribution in [3.63, 3.8) is 0 Å². The van der Waals surface area contributed by atoms with E-state index in [4.69, 9.17) is 0 Å². The molecule has 4 unspecified atom stereocenters. The summed E-state index contributed by atoms with van der Waals surface area (Å²) >= 11 is 0. The molecule has 0 aromatic heterocycles. The molecule has 9 rings (SSSR count). The molecule has 2 nitrogen and oxygen atoms in total. The first-order chi connectivity index (χ1) is 20.3. The Labute approximate surface area is 249 Å². The quantitative estimate of drug-likeness (QED) is 0.327. The van der Waals surface area contributed by atoms with Gasteiger partial charge in [0.15, 0.2) is 0 Å². The van der Waals surface area contributed by atoms with Crippen molar-refractivity contribution in [3.05, 3.63) is 35.4 Å². The molecule has 0 amide bonds. The highest BCUT2D eigenvalue weighted by molar-refractivity contribution is 5.87. The summed E-state index contributed by atoms with van der Waals surface area (Å²) in [5.41, 5.74) is -18.1. The Balaban J connectivity index is 1.49. The van der Waals surface area contributed by atoms with E-state index in [2.05, 4.69) is 0 Å². The average molecular weight is 663 g/mol. The summed E-state index contributed by atoms with van der Waals surface area (Å²) in [6.07, 6.45) is -30.6. The van der Waals surface area contributed by atoms with Crippen LogP contribution in [0.4, 0.5) is 52.7 Å². The lowest BCUT2D eigenvalue weighted by atomic mass is 9.25. The summed E-state index contributed by atoms with van der Waals surface area (Å²) in [6.45, 7) is 0. The number of carboxylic acids is 1. The molecule has 250 valence electrons. The third-order valence-electron chi connectivity index (χ3n) is 13.4. The molecule has 1 N–H and O–H groups in total. The number of aromatic carboxylic acids is 1. The van der Waals surface area contributed by atoms with Crippen molar-refractivity contribution < 1.29 is 62.6 Å². The van der Waals surface area contributed by atoms with Crippen LogP contribution in [0.5, 0.6) is 0 Å². The van der Waals surface area contributed by atoms with Gasteiger partial charge in [-0.15, -0.1) is 0 Å². The van der Waals surface area contributed by atoms with Gasteiger partial charge in [0.05, 0.1) is 27.2 Å². The first kappa shape index (κ1) is 31.4. The molecule has 14 heteroatoms. The second kappa shape index (κ2) is 8.28. The average Bonchev–Trinajstić information content (AvgIpc) is 2.85. The predicted octanol–water partition coefficient (Wildman–Crippen LogP) is 10.2. The molecule has 4 atom stereocenters. The molecule has 45 heavy (non-hydrogen) atoms. The fraction of sp³-hybridized carbons (Fsp3) is 0.774. The minimum atomic E-state index is -5.23. The van der Waals surface area contributed by atoms with E-state index in [9.17, 15) is 36.2 Å². The van der Waals surface area contributed by atoms with Crippen LogP contribution in [0.15, 0.2) is 24.3 Å². The highest BCUT2D eigenvalue weighted by atomic mass is 19.4. The summed E-state index contributed by atoms with van der Waals surface area (Å²) in [6, 6.07) is 4.44. The van der Waals surface area contributed by atoms with Crippen LogP contribution in [-0.4, -0.2) is 35.8 Å². The van der Waals surface area contributed by atoms with Crippen LogP contribution >= 0.6 is 0 Å². The van der Waals surface area contributed by atoms with Crippen LogP contribution in [0, 0.1) is 38.4 Å². The van der Waals surface area contributed by atoms with Gasteiger partial charge in [-0.05, 0) is 117 Å². The Morgan fingerprint density at radius 3 is 1.33 bits per heavy atom. The minimum absolute atomic E-state index is 0.000905. The standard InChI is InChI=1S/C31H30F12O2/c32-28(33,34)23-6-17-5-22(11-23,12-24(7-17,13-23)29(35,36)37)25-8-21(19-3-1-18(2-4-19)20(44)45)9-26(14-25,30(38,39)40)16-27(10-21,15-25)31(41,42)43/h1-4,17H,5-16H2,(H,44,45). The smallest absolute Gasteiger partial charge is 0.394 e. The summed E-state index contributed by atoms with van der Waals surface area (Å²) in [5, 5.41) is 9.34. The van der Waals surface area contributed by atoms with Crippen molar-refractivity contribution in [2.24, 2.45) is 38.4 Å². The van der Waals surface area contributed by atoms with Gasteiger partial charge >= 0.3 is 30.7 Å². The van der Waals surface area contributed by atoms with Gasteiger partial charge in [0, 0.05) is 0 Å². The Bertz CT molecular complexity index is 1370. The molecule has 0 radical (unpaired) electrons. The number of rotatable bonds is 3. The molecule has 8 aliphatic rings. The van der Waals surface area contributed by atoms with Gasteiger partial charge in [0.2, 0.25) is 0 Å². The van der Waals surface area contributed by atoms with Gasteiger partial charge < -0.3 is 5.11 Å². The van der Waals surface area contributed by atoms with Crippen molar-refractivity contribution >= 4 is 5.97 Å². The lowest BCUT2D eigenvalue weighted by Crippen LogP contribution is -2.75.